The summed E-state index contributed by atoms with van der Waals surface area (Å²) in [6.45, 7) is 7.48. The van der Waals surface area contributed by atoms with Crippen LogP contribution in [0.15, 0.2) is 30.3 Å². The molecule has 4 heterocycles. The highest BCUT2D eigenvalue weighted by Crippen LogP contribution is 2.50. The number of hydrogen-bond acceptors (Lipinski definition) is 8. The van der Waals surface area contributed by atoms with Crippen molar-refractivity contribution < 1.29 is 14.7 Å². The lowest BCUT2D eigenvalue weighted by Gasteiger charge is -2.43. The molecule has 3 aliphatic heterocycles. The number of aliphatic carboxylic acids is 1. The maximum atomic E-state index is 12.8. The van der Waals surface area contributed by atoms with Gasteiger partial charge in [0.2, 0.25) is 5.91 Å². The van der Waals surface area contributed by atoms with Gasteiger partial charge in [0, 0.05) is 29.3 Å². The van der Waals surface area contributed by atoms with Gasteiger partial charge in [0.1, 0.15) is 23.3 Å². The van der Waals surface area contributed by atoms with E-state index in [-0.39, 0.29) is 11.3 Å². The van der Waals surface area contributed by atoms with Gasteiger partial charge in [-0.2, -0.15) is 16.9 Å². The molecule has 3 saturated heterocycles. The van der Waals surface area contributed by atoms with Gasteiger partial charge in [-0.15, -0.1) is 11.8 Å². The number of nitrogens with zero attached hydrogens (tertiary/aromatic N) is 5. The quantitative estimate of drug-likeness (QED) is 0.390. The number of thioether (sulfide) groups is 2. The van der Waals surface area contributed by atoms with Crippen molar-refractivity contribution in [2.45, 2.75) is 55.8 Å². The number of carbonyl (C=O) groups is 2. The van der Waals surface area contributed by atoms with Crippen LogP contribution in [-0.2, 0) is 29.3 Å². The zero-order valence-corrected chi connectivity index (χ0v) is 22.2. The van der Waals surface area contributed by atoms with Gasteiger partial charge in [0.25, 0.3) is 0 Å². The Balaban J connectivity index is 1.33. The topological polar surface area (TPSA) is 95.6 Å². The normalized spacial score (nSPS) is 25.9. The summed E-state index contributed by atoms with van der Waals surface area (Å²) in [6.07, 6.45) is 0. The molecule has 188 valence electrons. The molecule has 0 unspecified atom stereocenters. The fourth-order valence-electron chi connectivity index (χ4n) is 4.98. The molecule has 1 aromatic heterocycles. The number of rotatable bonds is 8. The van der Waals surface area contributed by atoms with E-state index in [0.717, 1.165) is 42.5 Å². The largest absolute Gasteiger partial charge is 0.480 e. The van der Waals surface area contributed by atoms with Crippen molar-refractivity contribution in [2.75, 3.05) is 24.6 Å². The molecule has 0 radical (unpaired) electrons. The molecule has 9 nitrogen and oxygen atoms in total. The van der Waals surface area contributed by atoms with Gasteiger partial charge in [-0.3, -0.25) is 19.6 Å². The Morgan fingerprint density at radius 1 is 1.23 bits per heavy atom. The molecular formula is C23H30N6O3S3. The maximum absolute atomic E-state index is 12.8. The van der Waals surface area contributed by atoms with Crippen LogP contribution >= 0.6 is 35.7 Å². The number of carbonyl (C=O) groups excluding carboxylic acids is 1. The molecule has 3 aliphatic rings. The molecule has 0 saturated carbocycles. The van der Waals surface area contributed by atoms with Crippen LogP contribution in [0.3, 0.4) is 0 Å². The first-order chi connectivity index (χ1) is 16.8. The first-order valence-electron chi connectivity index (χ1n) is 11.7. The Labute approximate surface area is 218 Å². The van der Waals surface area contributed by atoms with Crippen LogP contribution in [0.2, 0.25) is 0 Å². The fraction of sp³-hybridized carbons (Fsp3) is 0.565. The molecule has 0 spiro atoms. The minimum atomic E-state index is -0.959. The van der Waals surface area contributed by atoms with Crippen LogP contribution in [0.5, 0.6) is 0 Å². The number of amides is 1. The van der Waals surface area contributed by atoms with Crippen molar-refractivity contribution in [2.24, 2.45) is 0 Å². The average molecular weight is 535 g/mol. The summed E-state index contributed by atoms with van der Waals surface area (Å²) in [4.78, 5) is 28.5. The van der Waals surface area contributed by atoms with E-state index < -0.39 is 22.8 Å². The van der Waals surface area contributed by atoms with E-state index in [4.69, 9.17) is 17.3 Å². The van der Waals surface area contributed by atoms with Crippen molar-refractivity contribution in [1.82, 2.24) is 29.5 Å². The maximum Gasteiger partial charge on any atom is 0.327 e. The Bertz CT molecular complexity index is 1160. The number of carboxylic acid groups (broad SMARTS) is 1. The van der Waals surface area contributed by atoms with Crippen LogP contribution in [0.25, 0.3) is 0 Å². The predicted octanol–water partition coefficient (Wildman–Crippen LogP) is 2.07. The molecule has 3 fully saturated rings. The summed E-state index contributed by atoms with van der Waals surface area (Å²) in [7, 11) is 0. The molecule has 1 amide bonds. The molecule has 12 heteroatoms. The first kappa shape index (κ1) is 24.8. The van der Waals surface area contributed by atoms with E-state index in [0.29, 0.717) is 18.0 Å². The van der Waals surface area contributed by atoms with Gasteiger partial charge in [-0.05, 0) is 31.6 Å². The predicted molar refractivity (Wildman–Crippen MR) is 140 cm³/mol. The minimum Gasteiger partial charge on any atom is -0.480 e. The molecule has 3 atom stereocenters. The summed E-state index contributed by atoms with van der Waals surface area (Å²) in [5.74, 6) is 2.02. The highest BCUT2D eigenvalue weighted by atomic mass is 32.2. The second kappa shape index (κ2) is 9.89. The molecule has 1 aromatic carbocycles. The number of hydrogen-bond donors (Lipinski definition) is 2. The summed E-state index contributed by atoms with van der Waals surface area (Å²) in [5, 5.41) is 17.6. The average Bonchev–Trinajstić information content (AvgIpc) is 3.26. The summed E-state index contributed by atoms with van der Waals surface area (Å²) in [6, 6.07) is 8.93. The van der Waals surface area contributed by atoms with Crippen molar-refractivity contribution in [3.63, 3.8) is 0 Å². The van der Waals surface area contributed by atoms with Crippen LogP contribution < -0.4 is 5.32 Å². The van der Waals surface area contributed by atoms with Crippen LogP contribution in [0.1, 0.15) is 25.2 Å². The van der Waals surface area contributed by atoms with Gasteiger partial charge in [0.15, 0.2) is 4.77 Å². The summed E-state index contributed by atoms with van der Waals surface area (Å²) < 4.78 is 3.89. The molecule has 5 rings (SSSR count). The molecular weight excluding hydrogens is 504 g/mol. The standard InChI is InChI=1S/C23H30N6O3S3/c1-23(2)18(21(31)32)29-19(30)17(20(29)35-23)24-14-28-22(33)27(12-15-6-4-3-5-7-15)16(25-28)13-26-8-10-34-11-9-26/h3-7,17-18,20,24H,8-14H2,1-2H3,(H,31,32)/t17-,18+,20-/m1/s1. The Morgan fingerprint density at radius 2 is 1.94 bits per heavy atom. The van der Waals surface area contributed by atoms with Crippen LogP contribution in [-0.4, -0.2) is 87.9 Å². The lowest BCUT2D eigenvalue weighted by atomic mass is 9.96. The second-order valence-corrected chi connectivity index (χ2v) is 13.0. The second-order valence-electron chi connectivity index (χ2n) is 9.60. The van der Waals surface area contributed by atoms with E-state index in [2.05, 4.69) is 26.9 Å². The van der Waals surface area contributed by atoms with Gasteiger partial charge in [0.05, 0.1) is 19.8 Å². The van der Waals surface area contributed by atoms with Crippen LogP contribution in [0, 0.1) is 4.77 Å². The highest BCUT2D eigenvalue weighted by molar-refractivity contribution is 8.01. The van der Waals surface area contributed by atoms with E-state index in [1.54, 1.807) is 4.68 Å². The number of benzene rings is 1. The van der Waals surface area contributed by atoms with E-state index in [9.17, 15) is 14.7 Å². The SMILES string of the molecule is CC1(C)S[C@@H]2[C@H](NCn3nc(CN4CCSCC4)n(Cc4ccccc4)c3=S)C(=O)N2[C@H]1C(=O)O. The Hall–Kier alpha value is -1.86. The lowest BCUT2D eigenvalue weighted by Crippen LogP contribution is -2.70. The molecule has 0 bridgehead atoms. The zero-order chi connectivity index (χ0) is 24.7. The zero-order valence-electron chi connectivity index (χ0n) is 19.8. The first-order valence-corrected chi connectivity index (χ1v) is 14.2. The summed E-state index contributed by atoms with van der Waals surface area (Å²) in [5.41, 5.74) is 1.15. The van der Waals surface area contributed by atoms with Crippen molar-refractivity contribution in [3.05, 3.63) is 46.5 Å². The van der Waals surface area contributed by atoms with Gasteiger partial charge in [-0.25, -0.2) is 9.48 Å². The van der Waals surface area contributed by atoms with Gasteiger partial charge >= 0.3 is 5.97 Å². The number of carboxylic acids is 1. The van der Waals surface area contributed by atoms with Gasteiger partial charge < -0.3 is 10.0 Å². The number of fused-ring (bicyclic) bond motifs is 1. The van der Waals surface area contributed by atoms with Crippen molar-refractivity contribution >= 4 is 47.6 Å². The molecule has 2 N–H and O–H groups in total. The third-order valence-electron chi connectivity index (χ3n) is 6.79. The highest BCUT2D eigenvalue weighted by Gasteiger charge is 2.63. The Morgan fingerprint density at radius 3 is 2.63 bits per heavy atom. The Kier molecular flexibility index (Phi) is 7.01. The van der Waals surface area contributed by atoms with E-state index >= 15 is 0 Å². The van der Waals surface area contributed by atoms with Gasteiger partial charge in [-0.1, -0.05) is 30.3 Å². The van der Waals surface area contributed by atoms with Crippen molar-refractivity contribution in [3.8, 4) is 0 Å². The van der Waals surface area contributed by atoms with Crippen LogP contribution in [0.4, 0.5) is 0 Å². The molecule has 2 aromatic rings. The number of nitrogens with one attached hydrogen (secondary N) is 1. The number of β-lactam (4-membered cyclic amide) rings is 1. The fourth-order valence-corrected chi connectivity index (χ4v) is 7.88. The van der Waals surface area contributed by atoms with Crippen molar-refractivity contribution in [1.29, 1.82) is 0 Å². The third kappa shape index (κ3) is 4.78. The van der Waals surface area contributed by atoms with E-state index in [1.165, 1.54) is 16.7 Å². The van der Waals surface area contributed by atoms with E-state index in [1.807, 2.05) is 43.8 Å². The minimum absolute atomic E-state index is 0.179. The smallest absolute Gasteiger partial charge is 0.327 e. The molecule has 35 heavy (non-hydrogen) atoms. The number of aromatic nitrogens is 3. The summed E-state index contributed by atoms with van der Waals surface area (Å²) >= 11 is 9.33. The molecule has 0 aliphatic carbocycles. The monoisotopic (exact) mass is 534 g/mol. The lowest BCUT2D eigenvalue weighted by molar-refractivity contribution is -0.160. The third-order valence-corrected chi connectivity index (χ3v) is 9.73.